The number of benzene rings is 1. The SMILES string of the molecule is Cc1c(NS(=O)(=O)c2cnn(C)c2C)cccc1[N+](=O)[O-]. The van der Waals surface area contributed by atoms with Crippen molar-refractivity contribution >= 4 is 21.4 Å². The van der Waals surface area contributed by atoms with E-state index in [9.17, 15) is 18.5 Å². The second-order valence-corrected chi connectivity index (χ2v) is 6.18. The molecule has 0 radical (unpaired) electrons. The molecule has 0 fully saturated rings. The fourth-order valence-electron chi connectivity index (χ4n) is 1.87. The molecule has 0 saturated heterocycles. The van der Waals surface area contributed by atoms with Gasteiger partial charge >= 0.3 is 0 Å². The molecule has 1 heterocycles. The van der Waals surface area contributed by atoms with Gasteiger partial charge in [-0.1, -0.05) is 6.07 Å². The quantitative estimate of drug-likeness (QED) is 0.683. The zero-order chi connectivity index (χ0) is 15.8. The largest absolute Gasteiger partial charge is 0.279 e. The molecule has 0 aliphatic rings. The second-order valence-electron chi connectivity index (χ2n) is 4.53. The van der Waals surface area contributed by atoms with Gasteiger partial charge in [0.05, 0.1) is 28.1 Å². The number of aryl methyl sites for hydroxylation is 1. The molecule has 0 saturated carbocycles. The van der Waals surface area contributed by atoms with Gasteiger partial charge in [0.25, 0.3) is 15.7 Å². The summed E-state index contributed by atoms with van der Waals surface area (Å²) in [5, 5.41) is 14.8. The molecule has 0 spiro atoms. The van der Waals surface area contributed by atoms with Gasteiger partial charge in [0.2, 0.25) is 0 Å². The molecule has 0 bridgehead atoms. The van der Waals surface area contributed by atoms with E-state index >= 15 is 0 Å². The van der Waals surface area contributed by atoms with E-state index in [1.54, 1.807) is 14.0 Å². The Hall–Kier alpha value is -2.42. The second kappa shape index (κ2) is 5.17. The Morgan fingerprint density at radius 2 is 2.00 bits per heavy atom. The lowest BCUT2D eigenvalue weighted by Gasteiger charge is -2.10. The number of nitro groups is 1. The van der Waals surface area contributed by atoms with Gasteiger partial charge in [-0.15, -0.1) is 0 Å². The van der Waals surface area contributed by atoms with Crippen LogP contribution in [-0.2, 0) is 17.1 Å². The molecule has 1 aromatic heterocycles. The number of nitro benzene ring substituents is 1. The third-order valence-corrected chi connectivity index (χ3v) is 4.69. The highest BCUT2D eigenvalue weighted by atomic mass is 32.2. The van der Waals surface area contributed by atoms with Crippen molar-refractivity contribution in [1.82, 2.24) is 9.78 Å². The fourth-order valence-corrected chi connectivity index (χ4v) is 3.20. The lowest BCUT2D eigenvalue weighted by Crippen LogP contribution is -2.15. The minimum absolute atomic E-state index is 0.0379. The number of nitrogens with zero attached hydrogens (tertiary/aromatic N) is 3. The third-order valence-electron chi connectivity index (χ3n) is 3.23. The Morgan fingerprint density at radius 1 is 1.33 bits per heavy atom. The van der Waals surface area contributed by atoms with Crippen molar-refractivity contribution in [2.24, 2.45) is 7.05 Å². The number of sulfonamides is 1. The molecule has 0 aliphatic heterocycles. The van der Waals surface area contributed by atoms with Crippen LogP contribution < -0.4 is 4.72 Å². The van der Waals surface area contributed by atoms with E-state index in [2.05, 4.69) is 9.82 Å². The Balaban J connectivity index is 2.45. The van der Waals surface area contributed by atoms with Crippen molar-refractivity contribution in [2.75, 3.05) is 4.72 Å². The van der Waals surface area contributed by atoms with Gasteiger partial charge in [-0.3, -0.25) is 19.5 Å². The standard InChI is InChI=1S/C12H14N4O4S/c1-8-10(5-4-6-11(8)16(17)18)14-21(19,20)12-7-13-15(3)9(12)2/h4-7,14H,1-3H3. The van der Waals surface area contributed by atoms with Crippen LogP contribution in [0.1, 0.15) is 11.3 Å². The highest BCUT2D eigenvalue weighted by Gasteiger charge is 2.22. The van der Waals surface area contributed by atoms with E-state index in [0.29, 0.717) is 5.69 Å². The lowest BCUT2D eigenvalue weighted by molar-refractivity contribution is -0.385. The fraction of sp³-hybridized carbons (Fsp3) is 0.250. The molecule has 1 aromatic carbocycles. The predicted octanol–water partition coefficient (Wildman–Crippen LogP) is 1.75. The van der Waals surface area contributed by atoms with Crippen LogP contribution in [0, 0.1) is 24.0 Å². The summed E-state index contributed by atoms with van der Waals surface area (Å²) in [6.45, 7) is 3.12. The topological polar surface area (TPSA) is 107 Å². The lowest BCUT2D eigenvalue weighted by atomic mass is 10.2. The Labute approximate surface area is 121 Å². The van der Waals surface area contributed by atoms with Gasteiger partial charge in [0.1, 0.15) is 4.90 Å². The Bertz CT molecular complexity index is 811. The molecule has 0 unspecified atom stereocenters. The highest BCUT2D eigenvalue weighted by molar-refractivity contribution is 7.92. The predicted molar refractivity (Wildman–Crippen MR) is 76.6 cm³/mol. The molecule has 112 valence electrons. The first-order valence-corrected chi connectivity index (χ1v) is 7.48. The highest BCUT2D eigenvalue weighted by Crippen LogP contribution is 2.27. The molecular formula is C12H14N4O4S. The van der Waals surface area contributed by atoms with Crippen molar-refractivity contribution in [2.45, 2.75) is 18.7 Å². The summed E-state index contributed by atoms with van der Waals surface area (Å²) in [6.07, 6.45) is 1.24. The smallest absolute Gasteiger partial charge is 0.274 e. The van der Waals surface area contributed by atoms with Crippen molar-refractivity contribution in [3.8, 4) is 0 Å². The molecular weight excluding hydrogens is 296 g/mol. The Kier molecular flexibility index (Phi) is 3.69. The minimum atomic E-state index is -3.84. The van der Waals surface area contributed by atoms with Crippen LogP contribution >= 0.6 is 0 Å². The van der Waals surface area contributed by atoms with Crippen molar-refractivity contribution in [3.63, 3.8) is 0 Å². The average Bonchev–Trinajstić information content (AvgIpc) is 2.72. The number of hydrogen-bond acceptors (Lipinski definition) is 5. The van der Waals surface area contributed by atoms with E-state index in [4.69, 9.17) is 0 Å². The average molecular weight is 310 g/mol. The van der Waals surface area contributed by atoms with Gasteiger partial charge in [0.15, 0.2) is 0 Å². The first-order valence-electron chi connectivity index (χ1n) is 5.99. The summed E-state index contributed by atoms with van der Waals surface area (Å²) in [5.74, 6) is 0. The molecule has 9 heteroatoms. The monoisotopic (exact) mass is 310 g/mol. The Morgan fingerprint density at radius 3 is 2.52 bits per heavy atom. The number of rotatable bonds is 4. The summed E-state index contributed by atoms with van der Waals surface area (Å²) >= 11 is 0. The van der Waals surface area contributed by atoms with Crippen LogP contribution in [0.25, 0.3) is 0 Å². The number of nitrogens with one attached hydrogen (secondary N) is 1. The van der Waals surface area contributed by atoms with Crippen LogP contribution in [0.5, 0.6) is 0 Å². The van der Waals surface area contributed by atoms with Gasteiger partial charge in [-0.25, -0.2) is 8.42 Å². The maximum atomic E-state index is 12.3. The molecule has 8 nitrogen and oxygen atoms in total. The van der Waals surface area contributed by atoms with E-state index in [-0.39, 0.29) is 21.8 Å². The van der Waals surface area contributed by atoms with Gasteiger partial charge in [-0.2, -0.15) is 5.10 Å². The number of hydrogen-bond donors (Lipinski definition) is 1. The molecule has 2 aromatic rings. The van der Waals surface area contributed by atoms with Crippen LogP contribution in [-0.4, -0.2) is 23.1 Å². The summed E-state index contributed by atoms with van der Waals surface area (Å²) in [7, 11) is -2.21. The molecule has 0 amide bonds. The van der Waals surface area contributed by atoms with Crippen molar-refractivity contribution < 1.29 is 13.3 Å². The summed E-state index contributed by atoms with van der Waals surface area (Å²) in [5.41, 5.74) is 0.767. The van der Waals surface area contributed by atoms with Crippen molar-refractivity contribution in [1.29, 1.82) is 0 Å². The minimum Gasteiger partial charge on any atom is -0.279 e. The zero-order valence-corrected chi connectivity index (χ0v) is 12.5. The normalized spacial score (nSPS) is 11.4. The third kappa shape index (κ3) is 2.72. The summed E-state index contributed by atoms with van der Waals surface area (Å²) in [6, 6.07) is 4.23. The summed E-state index contributed by atoms with van der Waals surface area (Å²) in [4.78, 5) is 10.4. The van der Waals surface area contributed by atoms with Crippen LogP contribution in [0.4, 0.5) is 11.4 Å². The van der Waals surface area contributed by atoms with E-state index in [1.165, 1.54) is 36.0 Å². The molecule has 1 N–H and O–H groups in total. The van der Waals surface area contributed by atoms with Gasteiger partial charge in [-0.05, 0) is 19.9 Å². The van der Waals surface area contributed by atoms with E-state index in [1.807, 2.05) is 0 Å². The van der Waals surface area contributed by atoms with Crippen LogP contribution in [0.15, 0.2) is 29.3 Å². The van der Waals surface area contributed by atoms with E-state index in [0.717, 1.165) is 0 Å². The first-order chi connectivity index (χ1) is 9.74. The maximum Gasteiger partial charge on any atom is 0.274 e. The van der Waals surface area contributed by atoms with Crippen molar-refractivity contribution in [3.05, 3.63) is 45.8 Å². The molecule has 0 atom stereocenters. The molecule has 21 heavy (non-hydrogen) atoms. The first kappa shape index (κ1) is 15.0. The molecule has 0 aliphatic carbocycles. The molecule has 2 rings (SSSR count). The summed E-state index contributed by atoms with van der Waals surface area (Å²) < 4.78 is 28.5. The van der Waals surface area contributed by atoms with Gasteiger partial charge in [0, 0.05) is 13.1 Å². The van der Waals surface area contributed by atoms with Gasteiger partial charge < -0.3 is 0 Å². The van der Waals surface area contributed by atoms with Crippen LogP contribution in [0.2, 0.25) is 0 Å². The maximum absolute atomic E-state index is 12.3. The number of anilines is 1. The van der Waals surface area contributed by atoms with Crippen LogP contribution in [0.3, 0.4) is 0 Å². The van der Waals surface area contributed by atoms with E-state index < -0.39 is 14.9 Å². The number of aromatic nitrogens is 2. The zero-order valence-electron chi connectivity index (χ0n) is 11.7.